The highest BCUT2D eigenvalue weighted by atomic mass is 16.5. The lowest BCUT2D eigenvalue weighted by atomic mass is 10.3. The number of hydrogen-bond acceptors (Lipinski definition) is 2. The molecule has 0 aromatic rings. The van der Waals surface area contributed by atoms with E-state index in [9.17, 15) is 0 Å². The summed E-state index contributed by atoms with van der Waals surface area (Å²) in [4.78, 5) is 2.04. The third kappa shape index (κ3) is 0.633. The quantitative estimate of drug-likeness (QED) is 0.477. The van der Waals surface area contributed by atoms with Gasteiger partial charge < -0.3 is 9.64 Å². The van der Waals surface area contributed by atoms with Gasteiger partial charge in [0.1, 0.15) is 6.26 Å². The highest BCUT2D eigenvalue weighted by Gasteiger charge is 2.12. The third-order valence-corrected chi connectivity index (χ3v) is 1.39. The second-order valence-corrected chi connectivity index (χ2v) is 1.99. The molecule has 0 bridgehead atoms. The molecule has 2 heteroatoms. The van der Waals surface area contributed by atoms with Crippen LogP contribution < -0.4 is 0 Å². The summed E-state index contributed by atoms with van der Waals surface area (Å²) in [6, 6.07) is 0. The van der Waals surface area contributed by atoms with Crippen LogP contribution in [0.25, 0.3) is 0 Å². The number of fused-ring (bicyclic) bond motifs is 1. The molecule has 46 valence electrons. The summed E-state index contributed by atoms with van der Waals surface area (Å²) in [5, 5.41) is 0. The Kier molecular flexibility index (Phi) is 0.859. The lowest BCUT2D eigenvalue weighted by Gasteiger charge is -2.15. The van der Waals surface area contributed by atoms with Gasteiger partial charge in [0.2, 0.25) is 0 Å². The van der Waals surface area contributed by atoms with E-state index in [0.29, 0.717) is 0 Å². The first-order valence-electron chi connectivity index (χ1n) is 2.93. The first-order chi connectivity index (χ1) is 4.47. The fraction of sp³-hybridized carbons (Fsp3) is 0.143. The molecular formula is C7H7NO. The number of hydrogen-bond donors (Lipinski definition) is 0. The highest BCUT2D eigenvalue weighted by molar-refractivity contribution is 5.18. The zero-order valence-electron chi connectivity index (χ0n) is 4.95. The fourth-order valence-electron chi connectivity index (χ4n) is 0.925. The van der Waals surface area contributed by atoms with Crippen molar-refractivity contribution in [3.63, 3.8) is 0 Å². The van der Waals surface area contributed by atoms with Crippen LogP contribution in [0.3, 0.4) is 0 Å². The average Bonchev–Trinajstić information content (AvgIpc) is 2.33. The minimum Gasteiger partial charge on any atom is -0.447 e. The van der Waals surface area contributed by atoms with Crippen LogP contribution in [-0.2, 0) is 4.74 Å². The van der Waals surface area contributed by atoms with Crippen molar-refractivity contribution in [1.82, 2.24) is 4.90 Å². The van der Waals surface area contributed by atoms with Crippen LogP contribution in [0.4, 0.5) is 0 Å². The molecule has 2 aliphatic rings. The van der Waals surface area contributed by atoms with Crippen LogP contribution in [0.15, 0.2) is 36.6 Å². The highest BCUT2D eigenvalue weighted by Crippen LogP contribution is 2.17. The average molecular weight is 121 g/mol. The molecule has 2 heterocycles. The summed E-state index contributed by atoms with van der Waals surface area (Å²) in [7, 11) is 0. The summed E-state index contributed by atoms with van der Waals surface area (Å²) >= 11 is 0. The Labute approximate surface area is 53.7 Å². The van der Waals surface area contributed by atoms with Gasteiger partial charge in [-0.2, -0.15) is 0 Å². The van der Waals surface area contributed by atoms with E-state index in [1.807, 2.05) is 23.3 Å². The van der Waals surface area contributed by atoms with Gasteiger partial charge >= 0.3 is 0 Å². The summed E-state index contributed by atoms with van der Waals surface area (Å²) in [5.41, 5.74) is 0. The van der Waals surface area contributed by atoms with Gasteiger partial charge in [0.05, 0.1) is 0 Å². The van der Waals surface area contributed by atoms with Crippen LogP contribution in [0.2, 0.25) is 0 Å². The van der Waals surface area contributed by atoms with Gasteiger partial charge in [-0.1, -0.05) is 12.2 Å². The van der Waals surface area contributed by atoms with E-state index in [1.54, 1.807) is 6.26 Å². The first kappa shape index (κ1) is 4.68. The van der Waals surface area contributed by atoms with Gasteiger partial charge in [0.25, 0.3) is 0 Å². The van der Waals surface area contributed by atoms with Gasteiger partial charge in [-0.25, -0.2) is 0 Å². The van der Waals surface area contributed by atoms with E-state index in [-0.39, 0.29) is 0 Å². The van der Waals surface area contributed by atoms with Crippen molar-refractivity contribution in [2.24, 2.45) is 0 Å². The Hall–Kier alpha value is -1.18. The second kappa shape index (κ2) is 1.65. The molecule has 0 aromatic heterocycles. The molecule has 9 heavy (non-hydrogen) atoms. The van der Waals surface area contributed by atoms with Crippen molar-refractivity contribution in [2.75, 3.05) is 6.54 Å². The predicted octanol–water partition coefficient (Wildman–Crippen LogP) is 1.20. The minimum atomic E-state index is 0.928. The van der Waals surface area contributed by atoms with Crippen LogP contribution in [0, 0.1) is 0 Å². The zero-order valence-corrected chi connectivity index (χ0v) is 4.95. The first-order valence-corrected chi connectivity index (χ1v) is 2.93. The van der Waals surface area contributed by atoms with Crippen molar-refractivity contribution in [1.29, 1.82) is 0 Å². The largest absolute Gasteiger partial charge is 0.447 e. The van der Waals surface area contributed by atoms with Crippen LogP contribution in [-0.4, -0.2) is 11.4 Å². The molecule has 0 saturated heterocycles. The molecule has 0 fully saturated rings. The van der Waals surface area contributed by atoms with E-state index in [0.717, 1.165) is 12.4 Å². The maximum atomic E-state index is 5.11. The van der Waals surface area contributed by atoms with Crippen molar-refractivity contribution < 1.29 is 4.74 Å². The number of rotatable bonds is 0. The Morgan fingerprint density at radius 3 is 3.44 bits per heavy atom. The van der Waals surface area contributed by atoms with Gasteiger partial charge in [-0.15, -0.1) is 0 Å². The summed E-state index contributed by atoms with van der Waals surface area (Å²) in [5.74, 6) is 0.928. The predicted molar refractivity (Wildman–Crippen MR) is 34.2 cm³/mol. The van der Waals surface area contributed by atoms with Gasteiger partial charge in [0, 0.05) is 12.7 Å². The molecule has 0 unspecified atom stereocenters. The van der Waals surface area contributed by atoms with E-state index in [4.69, 9.17) is 4.74 Å². The minimum absolute atomic E-state index is 0.928. The van der Waals surface area contributed by atoms with Crippen molar-refractivity contribution in [3.05, 3.63) is 36.6 Å². The maximum absolute atomic E-state index is 5.11. The third-order valence-electron chi connectivity index (χ3n) is 1.39. The molecule has 2 aliphatic heterocycles. The number of nitrogens with zero attached hydrogens (tertiary/aromatic N) is 1. The summed E-state index contributed by atoms with van der Waals surface area (Å²) in [6.07, 6.45) is 9.65. The molecule has 0 radical (unpaired) electrons. The fourth-order valence-corrected chi connectivity index (χ4v) is 0.925. The van der Waals surface area contributed by atoms with E-state index < -0.39 is 0 Å². The molecule has 0 aliphatic carbocycles. The van der Waals surface area contributed by atoms with Crippen molar-refractivity contribution in [3.8, 4) is 0 Å². The molecule has 0 atom stereocenters. The van der Waals surface area contributed by atoms with Crippen molar-refractivity contribution >= 4 is 0 Å². The Morgan fingerprint density at radius 2 is 2.56 bits per heavy atom. The second-order valence-electron chi connectivity index (χ2n) is 1.99. The van der Waals surface area contributed by atoms with Gasteiger partial charge in [0.15, 0.2) is 5.88 Å². The number of allylic oxidation sites excluding steroid dienone is 2. The summed E-state index contributed by atoms with van der Waals surface area (Å²) in [6.45, 7) is 0.933. The Morgan fingerprint density at radius 1 is 1.56 bits per heavy atom. The lowest BCUT2D eigenvalue weighted by Crippen LogP contribution is -2.14. The molecule has 0 saturated carbocycles. The van der Waals surface area contributed by atoms with Crippen LogP contribution in [0.1, 0.15) is 0 Å². The Balaban J connectivity index is 2.29. The van der Waals surface area contributed by atoms with E-state index in [2.05, 4.69) is 6.08 Å². The van der Waals surface area contributed by atoms with Crippen LogP contribution in [0.5, 0.6) is 0 Å². The van der Waals surface area contributed by atoms with Crippen molar-refractivity contribution in [2.45, 2.75) is 0 Å². The van der Waals surface area contributed by atoms with E-state index in [1.165, 1.54) is 0 Å². The van der Waals surface area contributed by atoms with Gasteiger partial charge in [-0.3, -0.25) is 0 Å². The molecule has 0 amide bonds. The van der Waals surface area contributed by atoms with E-state index >= 15 is 0 Å². The smallest absolute Gasteiger partial charge is 0.199 e. The lowest BCUT2D eigenvalue weighted by molar-refractivity contribution is 0.281. The number of ether oxygens (including phenoxy) is 1. The maximum Gasteiger partial charge on any atom is 0.199 e. The van der Waals surface area contributed by atoms with Gasteiger partial charge in [-0.05, 0) is 6.08 Å². The van der Waals surface area contributed by atoms with Crippen LogP contribution >= 0.6 is 0 Å². The molecular weight excluding hydrogens is 114 g/mol. The molecule has 2 rings (SSSR count). The standard InChI is InChI=1S/C7H7NO/c1-2-4-8-5-6-9-7(8)3-1/h1-3,5-6H,4H2. The molecule has 0 N–H and O–H groups in total. The molecule has 0 spiro atoms. The Bertz CT molecular complexity index is 203. The summed E-state index contributed by atoms with van der Waals surface area (Å²) < 4.78 is 5.11. The normalized spacial score (nSPS) is 21.3. The topological polar surface area (TPSA) is 12.5 Å². The SMILES string of the molecule is C1=CCN2C=COC2=C1. The zero-order chi connectivity index (χ0) is 6.10. The monoisotopic (exact) mass is 121 g/mol. The molecule has 0 aromatic carbocycles. The molecule has 2 nitrogen and oxygen atoms in total.